The highest BCUT2D eigenvalue weighted by atomic mass is 32.2. The van der Waals surface area contributed by atoms with Gasteiger partial charge in [-0.15, -0.1) is 0 Å². The van der Waals surface area contributed by atoms with Crippen molar-refractivity contribution in [1.29, 1.82) is 0 Å². The van der Waals surface area contributed by atoms with E-state index in [0.29, 0.717) is 25.8 Å². The lowest BCUT2D eigenvalue weighted by Gasteiger charge is -2.52. The molecule has 50 heavy (non-hydrogen) atoms. The Bertz CT molecular complexity index is 1890. The number of nitrogens with one attached hydrogen (secondary N) is 1. The molecule has 0 saturated carbocycles. The summed E-state index contributed by atoms with van der Waals surface area (Å²) in [5.41, 5.74) is 8.32. The molecule has 5 rings (SSSR count). The number of rotatable bonds is 13. The average molecular weight is 699 g/mol. The van der Waals surface area contributed by atoms with E-state index in [9.17, 15) is 22.9 Å². The topological polar surface area (TPSA) is 107 Å². The highest BCUT2D eigenvalue weighted by Crippen LogP contribution is 2.61. The fourth-order valence-electron chi connectivity index (χ4n) is 8.86. The molecule has 2 aromatic rings. The second kappa shape index (κ2) is 14.0. The van der Waals surface area contributed by atoms with Crippen LogP contribution >= 0.6 is 0 Å². The van der Waals surface area contributed by atoms with Gasteiger partial charge in [0.1, 0.15) is 0 Å². The van der Waals surface area contributed by atoms with Gasteiger partial charge >= 0.3 is 5.97 Å². The lowest BCUT2D eigenvalue weighted by molar-refractivity contribution is -0.137. The first-order chi connectivity index (χ1) is 23.5. The van der Waals surface area contributed by atoms with Gasteiger partial charge in [-0.2, -0.15) is 8.42 Å². The van der Waals surface area contributed by atoms with Gasteiger partial charge in [-0.05, 0) is 102 Å². The lowest BCUT2D eigenvalue weighted by Crippen LogP contribution is -2.45. The van der Waals surface area contributed by atoms with Crippen molar-refractivity contribution in [1.82, 2.24) is 0 Å². The molecule has 268 valence electrons. The van der Waals surface area contributed by atoms with Gasteiger partial charge in [0.2, 0.25) is 0 Å². The molecule has 3 unspecified atom stereocenters. The molecule has 0 amide bonds. The van der Waals surface area contributed by atoms with Gasteiger partial charge in [-0.25, -0.2) is 0 Å². The molecule has 3 aliphatic rings. The molecule has 8 heteroatoms. The quantitative estimate of drug-likeness (QED) is 0.141. The lowest BCUT2D eigenvalue weighted by atomic mass is 9.52. The minimum Gasteiger partial charge on any atom is -0.481 e. The van der Waals surface area contributed by atoms with Crippen molar-refractivity contribution in [3.63, 3.8) is 0 Å². The number of anilines is 2. The van der Waals surface area contributed by atoms with E-state index >= 15 is 0 Å². The Kier molecular flexibility index (Phi) is 10.5. The summed E-state index contributed by atoms with van der Waals surface area (Å²) >= 11 is 0. The number of aliphatic carboxylic acids is 1. The summed E-state index contributed by atoms with van der Waals surface area (Å²) in [7, 11) is -2.06. The van der Waals surface area contributed by atoms with Crippen molar-refractivity contribution in [2.45, 2.75) is 90.4 Å². The van der Waals surface area contributed by atoms with E-state index in [0.717, 1.165) is 36.2 Å². The summed E-state index contributed by atoms with van der Waals surface area (Å²) in [4.78, 5) is 13.9. The first kappa shape index (κ1) is 37.4. The van der Waals surface area contributed by atoms with Crippen LogP contribution in [0.15, 0.2) is 108 Å². The van der Waals surface area contributed by atoms with Crippen molar-refractivity contribution in [2.24, 2.45) is 10.8 Å². The first-order valence-electron chi connectivity index (χ1n) is 17.8. The summed E-state index contributed by atoms with van der Waals surface area (Å²) in [6.07, 6.45) is 15.3. The number of hydrogen-bond acceptors (Lipinski definition) is 5. The largest absolute Gasteiger partial charge is 0.481 e. The summed E-state index contributed by atoms with van der Waals surface area (Å²) in [5, 5.41) is 12.8. The Morgan fingerprint density at radius 1 is 0.940 bits per heavy atom. The zero-order valence-corrected chi connectivity index (χ0v) is 31.4. The van der Waals surface area contributed by atoms with E-state index < -0.39 is 21.5 Å². The van der Waals surface area contributed by atoms with Crippen molar-refractivity contribution < 1.29 is 22.9 Å². The SMILES string of the molecule is C=C1C=C(/C=C/C=C2/C=C3N(CCCCS(=O)(=O)O)c4ccccc4C3(C)C(C)(C)C2)CC(C)(CCCC(=O)O)C1(C)c1ccccc1NC. The molecule has 3 atom stereocenters. The van der Waals surface area contributed by atoms with Crippen molar-refractivity contribution in [3.8, 4) is 0 Å². The van der Waals surface area contributed by atoms with Gasteiger partial charge in [0.25, 0.3) is 10.1 Å². The zero-order chi connectivity index (χ0) is 36.5. The molecule has 0 aromatic heterocycles. The van der Waals surface area contributed by atoms with Crippen molar-refractivity contribution in [2.75, 3.05) is 29.6 Å². The number of carboxylic acids is 1. The second-order valence-electron chi connectivity index (χ2n) is 15.6. The third-order valence-electron chi connectivity index (χ3n) is 12.2. The minimum atomic E-state index is -3.99. The van der Waals surface area contributed by atoms with Crippen LogP contribution < -0.4 is 10.2 Å². The molecule has 0 spiro atoms. The van der Waals surface area contributed by atoms with Gasteiger partial charge in [-0.1, -0.05) is 95.0 Å². The maximum Gasteiger partial charge on any atom is 0.303 e. The monoisotopic (exact) mass is 698 g/mol. The number of allylic oxidation sites excluding steroid dienone is 9. The third kappa shape index (κ3) is 6.89. The smallest absolute Gasteiger partial charge is 0.303 e. The Morgan fingerprint density at radius 2 is 1.62 bits per heavy atom. The summed E-state index contributed by atoms with van der Waals surface area (Å²) < 4.78 is 32.0. The second-order valence-corrected chi connectivity index (χ2v) is 17.2. The van der Waals surface area contributed by atoms with Crippen LogP contribution in [0.5, 0.6) is 0 Å². The van der Waals surface area contributed by atoms with Gasteiger partial charge < -0.3 is 15.3 Å². The Labute approximate surface area is 299 Å². The highest BCUT2D eigenvalue weighted by molar-refractivity contribution is 7.85. The molecule has 0 bridgehead atoms. The van der Waals surface area contributed by atoms with E-state index in [1.165, 1.54) is 28.0 Å². The summed E-state index contributed by atoms with van der Waals surface area (Å²) in [6.45, 7) is 16.8. The van der Waals surface area contributed by atoms with Crippen LogP contribution in [0.2, 0.25) is 0 Å². The first-order valence-corrected chi connectivity index (χ1v) is 19.4. The molecule has 1 aliphatic heterocycles. The number of benzene rings is 2. The molecule has 3 N–H and O–H groups in total. The van der Waals surface area contributed by atoms with Crippen molar-refractivity contribution in [3.05, 3.63) is 119 Å². The molecule has 7 nitrogen and oxygen atoms in total. The van der Waals surface area contributed by atoms with E-state index in [1.54, 1.807) is 0 Å². The van der Waals surface area contributed by atoms with Gasteiger partial charge in [0.15, 0.2) is 0 Å². The maximum absolute atomic E-state index is 11.5. The fourth-order valence-corrected chi connectivity index (χ4v) is 9.43. The molecule has 0 saturated heterocycles. The van der Waals surface area contributed by atoms with Crippen LogP contribution in [0.25, 0.3) is 0 Å². The predicted octanol–water partition coefficient (Wildman–Crippen LogP) is 9.38. The highest BCUT2D eigenvalue weighted by Gasteiger charge is 2.54. The van der Waals surface area contributed by atoms with Crippen LogP contribution in [-0.2, 0) is 25.7 Å². The van der Waals surface area contributed by atoms with Crippen molar-refractivity contribution >= 4 is 27.5 Å². The normalized spacial score (nSPS) is 26.8. The van der Waals surface area contributed by atoms with Crippen LogP contribution in [-0.4, -0.2) is 43.4 Å². The third-order valence-corrected chi connectivity index (χ3v) is 13.0. The number of hydrogen-bond donors (Lipinski definition) is 3. The van der Waals surface area contributed by atoms with Gasteiger partial charge in [0.05, 0.1) is 5.75 Å². The average Bonchev–Trinajstić information content (AvgIpc) is 3.29. The number of para-hydroxylation sites is 2. The van der Waals surface area contributed by atoms with Crippen LogP contribution in [0, 0.1) is 10.8 Å². The number of nitrogens with zero attached hydrogens (tertiary/aromatic N) is 1. The zero-order valence-electron chi connectivity index (χ0n) is 30.6. The van der Waals surface area contributed by atoms with E-state index in [-0.39, 0.29) is 28.4 Å². The Balaban J connectivity index is 1.47. The van der Waals surface area contributed by atoms with Gasteiger partial charge in [0, 0.05) is 47.9 Å². The molecule has 0 fully saturated rings. The molecular weight excluding hydrogens is 645 g/mol. The predicted molar refractivity (Wildman–Crippen MR) is 205 cm³/mol. The number of carboxylic acid groups (broad SMARTS) is 1. The fraction of sp³-hybridized carbons (Fsp3) is 0.452. The standard InChI is InChI=1S/C42H54N2O5S/c1-30-26-31(29-40(4,23-15-22-38(45)46)41(30,5)33-18-8-10-20-35(33)43-7)16-14-17-32-27-37-42(6,39(2,3)28-32)34-19-9-11-21-36(34)44(37)24-12-13-25-50(47,48)49/h8-11,14,16-21,26-27,43H,1,12-13,15,22-25,28-29H2,2-7H3,(H,45,46)(H,47,48,49)/b16-14+,32-17-. The molecule has 2 aromatic carbocycles. The summed E-state index contributed by atoms with van der Waals surface area (Å²) in [6, 6.07) is 16.9. The van der Waals surface area contributed by atoms with E-state index in [2.05, 4.69) is 124 Å². The molecular formula is C42H54N2O5S. The van der Waals surface area contributed by atoms with Gasteiger partial charge in [-0.3, -0.25) is 9.35 Å². The van der Waals surface area contributed by atoms with E-state index in [1.807, 2.05) is 13.1 Å². The van der Waals surface area contributed by atoms with E-state index in [4.69, 9.17) is 0 Å². The minimum absolute atomic E-state index is 0.0975. The molecule has 1 heterocycles. The number of unbranched alkanes of at least 4 members (excludes halogenated alkanes) is 1. The van der Waals surface area contributed by atoms with Crippen LogP contribution in [0.1, 0.15) is 90.7 Å². The maximum atomic E-state index is 11.5. The number of carbonyl (C=O) groups is 1. The Morgan fingerprint density at radius 3 is 2.30 bits per heavy atom. The molecule has 2 aliphatic carbocycles. The molecule has 0 radical (unpaired) electrons. The Hall–Kier alpha value is -3.88. The van der Waals surface area contributed by atoms with Crippen LogP contribution in [0.4, 0.5) is 11.4 Å². The summed E-state index contributed by atoms with van der Waals surface area (Å²) in [5.74, 6) is -1.01. The number of fused-ring (bicyclic) bond motifs is 3. The van der Waals surface area contributed by atoms with Crippen LogP contribution in [0.3, 0.4) is 0 Å².